The number of rotatable bonds is 15. The second kappa shape index (κ2) is 16.9. The van der Waals surface area contributed by atoms with Crippen molar-refractivity contribution in [2.45, 2.75) is 64.0 Å². The highest BCUT2D eigenvalue weighted by Crippen LogP contribution is 2.50. The van der Waals surface area contributed by atoms with E-state index in [4.69, 9.17) is 18.9 Å². The second-order valence-corrected chi connectivity index (χ2v) is 12.5. The van der Waals surface area contributed by atoms with Crippen molar-refractivity contribution in [2.24, 2.45) is 0 Å². The lowest BCUT2D eigenvalue weighted by atomic mass is 9.95. The molecule has 1 aliphatic carbocycles. The third kappa shape index (κ3) is 8.45. The maximum atomic E-state index is 13.6. The summed E-state index contributed by atoms with van der Waals surface area (Å²) in [5.41, 5.74) is 5.27. The number of amides is 2. The maximum absolute atomic E-state index is 13.6. The van der Waals surface area contributed by atoms with E-state index in [2.05, 4.69) is 20.9 Å². The number of unbranched alkanes of at least 4 members (excludes halogenated alkanes) is 2. The Morgan fingerprint density at radius 1 is 0.941 bits per heavy atom. The van der Waals surface area contributed by atoms with Gasteiger partial charge in [0, 0.05) is 49.0 Å². The first kappa shape index (κ1) is 36.8. The Morgan fingerprint density at radius 2 is 1.73 bits per heavy atom. The summed E-state index contributed by atoms with van der Waals surface area (Å²) in [5, 5.41) is 10.1. The number of aryl methyl sites for hydroxylation is 1. The molecule has 4 N–H and O–H groups in total. The first-order valence-electron chi connectivity index (χ1n) is 17.1. The molecule has 12 nitrogen and oxygen atoms in total. The van der Waals surface area contributed by atoms with Crippen LogP contribution in [-0.4, -0.2) is 63.8 Å². The number of H-pyrrole nitrogens is 1. The topological polar surface area (TPSA) is 157 Å². The Kier molecular flexibility index (Phi) is 12.2. The third-order valence-corrected chi connectivity index (χ3v) is 9.23. The number of aromatic amines is 1. The van der Waals surface area contributed by atoms with Gasteiger partial charge in [0.25, 0.3) is 0 Å². The molecule has 0 saturated carbocycles. The molecule has 1 aliphatic rings. The van der Waals surface area contributed by atoms with Crippen molar-refractivity contribution in [1.29, 1.82) is 0 Å². The molecular weight excluding hydrogens is 652 g/mol. The molecule has 12 heteroatoms. The minimum absolute atomic E-state index is 0.194. The SMILES string of the molecule is COC(=O)[C@@H](Cc1c[nH]c2ccccc12)NC(=O)CCCCCNc1ccc2c(cc1=O)[C@H](NC(C)=O)CCc1cc(OC)c(OC)c(OC)c1-2. The molecule has 0 spiro atoms. The molecule has 51 heavy (non-hydrogen) atoms. The summed E-state index contributed by atoms with van der Waals surface area (Å²) in [4.78, 5) is 54.3. The lowest BCUT2D eigenvalue weighted by molar-refractivity contribution is -0.145. The number of nitrogens with one attached hydrogen (secondary N) is 4. The minimum Gasteiger partial charge on any atom is -0.493 e. The van der Waals surface area contributed by atoms with E-state index in [0.29, 0.717) is 67.1 Å². The standard InChI is InChI=1S/C39H46N4O8/c1-23(44)42-30-16-14-24-20-34(48-2)37(49-3)38(50-4)36(24)27-15-17-31(33(45)21-28(27)30)40-18-10-6-7-13-35(46)43-32(39(47)51-5)19-25-22-41-29-12-9-8-11-26(25)29/h8-9,11-12,15,17,20-22,30,32,41H,6-7,10,13-14,16,18-19H2,1-5H3,(H,40,45)(H,42,44)(H,43,46)/t30-,32-/m1/s1. The molecule has 0 fully saturated rings. The lowest BCUT2D eigenvalue weighted by Gasteiger charge is -2.19. The Morgan fingerprint density at radius 3 is 2.45 bits per heavy atom. The summed E-state index contributed by atoms with van der Waals surface area (Å²) in [6.45, 7) is 1.97. The van der Waals surface area contributed by atoms with Crippen molar-refractivity contribution < 1.29 is 33.3 Å². The molecule has 2 amide bonds. The number of methoxy groups -OCH3 is 4. The Hall–Kier alpha value is -5.52. The van der Waals surface area contributed by atoms with E-state index in [1.165, 1.54) is 14.0 Å². The molecule has 1 heterocycles. The first-order chi connectivity index (χ1) is 24.7. The van der Waals surface area contributed by atoms with Crippen LogP contribution in [-0.2, 0) is 32.0 Å². The number of anilines is 1. The number of hydrogen-bond donors (Lipinski definition) is 4. The zero-order valence-electron chi connectivity index (χ0n) is 29.8. The number of ether oxygens (including phenoxy) is 4. The van der Waals surface area contributed by atoms with Crippen LogP contribution in [0.15, 0.2) is 59.5 Å². The van der Waals surface area contributed by atoms with Crippen molar-refractivity contribution >= 4 is 34.4 Å². The third-order valence-electron chi connectivity index (χ3n) is 9.23. The van der Waals surface area contributed by atoms with Gasteiger partial charge in [0.1, 0.15) is 6.04 Å². The number of carbonyl (C=O) groups excluding carboxylic acids is 3. The van der Waals surface area contributed by atoms with Crippen molar-refractivity contribution in [3.8, 4) is 28.4 Å². The van der Waals surface area contributed by atoms with Crippen molar-refractivity contribution in [3.05, 3.63) is 81.6 Å². The quantitative estimate of drug-likeness (QED) is 0.0966. The first-order valence-corrected chi connectivity index (χ1v) is 17.1. The van der Waals surface area contributed by atoms with Gasteiger partial charge in [0.2, 0.25) is 23.0 Å². The van der Waals surface area contributed by atoms with Gasteiger partial charge in [-0.15, -0.1) is 0 Å². The minimum atomic E-state index is -0.798. The highest BCUT2D eigenvalue weighted by atomic mass is 16.5. The fourth-order valence-corrected chi connectivity index (χ4v) is 6.79. The van der Waals surface area contributed by atoms with Crippen LogP contribution in [0.2, 0.25) is 0 Å². The van der Waals surface area contributed by atoms with Gasteiger partial charge in [0.05, 0.1) is 40.2 Å². The number of fused-ring (bicyclic) bond motifs is 4. The van der Waals surface area contributed by atoms with E-state index in [9.17, 15) is 19.2 Å². The Labute approximate surface area is 297 Å². The monoisotopic (exact) mass is 698 g/mol. The highest BCUT2D eigenvalue weighted by molar-refractivity contribution is 5.87. The van der Waals surface area contributed by atoms with E-state index in [-0.39, 0.29) is 23.7 Å². The zero-order chi connectivity index (χ0) is 36.5. The van der Waals surface area contributed by atoms with Gasteiger partial charge >= 0.3 is 5.97 Å². The van der Waals surface area contributed by atoms with Crippen LogP contribution >= 0.6 is 0 Å². The number of carbonyl (C=O) groups is 3. The van der Waals surface area contributed by atoms with Gasteiger partial charge in [-0.05, 0) is 72.2 Å². The molecule has 270 valence electrons. The van der Waals surface area contributed by atoms with Gasteiger partial charge < -0.3 is 39.9 Å². The van der Waals surface area contributed by atoms with E-state index < -0.39 is 18.1 Å². The number of benzene rings is 2. The van der Waals surface area contributed by atoms with Crippen LogP contribution in [0.3, 0.4) is 0 Å². The van der Waals surface area contributed by atoms with E-state index in [1.54, 1.807) is 33.5 Å². The summed E-state index contributed by atoms with van der Waals surface area (Å²) < 4.78 is 22.1. The maximum Gasteiger partial charge on any atom is 0.328 e. The van der Waals surface area contributed by atoms with Crippen LogP contribution in [0.1, 0.15) is 61.8 Å². The summed E-state index contributed by atoms with van der Waals surface area (Å²) in [5.74, 6) is 0.550. The summed E-state index contributed by atoms with van der Waals surface area (Å²) >= 11 is 0. The molecule has 0 radical (unpaired) electrons. The van der Waals surface area contributed by atoms with Crippen LogP contribution in [0.4, 0.5) is 5.69 Å². The predicted octanol–water partition coefficient (Wildman–Crippen LogP) is 5.22. The van der Waals surface area contributed by atoms with Crippen LogP contribution in [0, 0.1) is 0 Å². The zero-order valence-corrected chi connectivity index (χ0v) is 29.8. The number of aromatic nitrogens is 1. The average Bonchev–Trinajstić information content (AvgIpc) is 3.39. The predicted molar refractivity (Wildman–Crippen MR) is 196 cm³/mol. The van der Waals surface area contributed by atoms with E-state index in [1.807, 2.05) is 42.6 Å². The molecule has 3 aromatic carbocycles. The molecule has 0 saturated heterocycles. The van der Waals surface area contributed by atoms with Crippen molar-refractivity contribution in [3.63, 3.8) is 0 Å². The average molecular weight is 699 g/mol. The van der Waals surface area contributed by atoms with Crippen LogP contribution in [0.25, 0.3) is 22.0 Å². The molecule has 4 aromatic rings. The molecule has 5 rings (SSSR count). The molecule has 1 aromatic heterocycles. The second-order valence-electron chi connectivity index (χ2n) is 12.5. The lowest BCUT2D eigenvalue weighted by Crippen LogP contribution is -2.43. The molecule has 2 atom stereocenters. The molecular formula is C39H46N4O8. The Bertz CT molecular complexity index is 1960. The summed E-state index contributed by atoms with van der Waals surface area (Å²) in [7, 11) is 5.99. The molecule has 0 unspecified atom stereocenters. The molecule has 0 aliphatic heterocycles. The van der Waals surface area contributed by atoms with Crippen molar-refractivity contribution in [2.75, 3.05) is 40.3 Å². The van der Waals surface area contributed by atoms with Gasteiger partial charge in [-0.3, -0.25) is 14.4 Å². The highest BCUT2D eigenvalue weighted by Gasteiger charge is 2.29. The van der Waals surface area contributed by atoms with E-state index >= 15 is 0 Å². The van der Waals surface area contributed by atoms with Gasteiger partial charge in [-0.2, -0.15) is 0 Å². The number of esters is 1. The van der Waals surface area contributed by atoms with Crippen molar-refractivity contribution in [1.82, 2.24) is 15.6 Å². The molecule has 0 bridgehead atoms. The van der Waals surface area contributed by atoms with E-state index in [0.717, 1.165) is 39.6 Å². The number of para-hydroxylation sites is 1. The van der Waals surface area contributed by atoms with Crippen LogP contribution in [0.5, 0.6) is 17.2 Å². The van der Waals surface area contributed by atoms with Gasteiger partial charge in [-0.1, -0.05) is 30.7 Å². The largest absolute Gasteiger partial charge is 0.493 e. The van der Waals surface area contributed by atoms with Gasteiger partial charge in [0.15, 0.2) is 11.5 Å². The summed E-state index contributed by atoms with van der Waals surface area (Å²) in [6, 6.07) is 13.7. The van der Waals surface area contributed by atoms with Crippen LogP contribution < -0.4 is 35.6 Å². The van der Waals surface area contributed by atoms with Gasteiger partial charge in [-0.25, -0.2) is 4.79 Å². The fraction of sp³-hybridized carbons (Fsp3) is 0.385. The Balaban J connectivity index is 1.24. The fourth-order valence-electron chi connectivity index (χ4n) is 6.79. The smallest absolute Gasteiger partial charge is 0.328 e. The summed E-state index contributed by atoms with van der Waals surface area (Å²) in [6.07, 6.45) is 5.64. The number of hydrogen-bond acceptors (Lipinski definition) is 9. The normalized spacial score (nSPS) is 13.9.